The van der Waals surface area contributed by atoms with E-state index in [1.165, 1.54) is 12.1 Å². The average Bonchev–Trinajstić information content (AvgIpc) is 2.83. The van der Waals surface area contributed by atoms with Crippen LogP contribution in [0.5, 0.6) is 0 Å². The van der Waals surface area contributed by atoms with Crippen molar-refractivity contribution < 1.29 is 29.2 Å². The molecule has 0 radical (unpaired) electrons. The first-order chi connectivity index (χ1) is 10.4. The highest BCUT2D eigenvalue weighted by Crippen LogP contribution is 2.12. The van der Waals surface area contributed by atoms with Crippen LogP contribution in [0, 0.1) is 0 Å². The Kier molecular flexibility index (Phi) is 4.79. The summed E-state index contributed by atoms with van der Waals surface area (Å²) < 4.78 is 5.02. The molecule has 1 aromatic carbocycles. The van der Waals surface area contributed by atoms with Crippen LogP contribution < -0.4 is 16.5 Å². The minimum atomic E-state index is -1.25. The number of carboxylic acid groups (broad SMARTS) is 1. The Morgan fingerprint density at radius 3 is 2.77 bits per heavy atom. The smallest absolute Gasteiger partial charge is 0.480 e. The molecule has 0 aliphatic carbocycles. The number of nitrogens with two attached hydrogens (primary N) is 1. The fraction of sp³-hybridized carbons (Fsp3) is 0.308. The number of fused-ring (bicyclic) bond motifs is 1. The van der Waals surface area contributed by atoms with Crippen LogP contribution in [0.2, 0.25) is 0 Å². The number of carbonyl (C=O) groups excluding carboxylic acids is 2. The third kappa shape index (κ3) is 3.63. The quantitative estimate of drug-likeness (QED) is 0.465. The van der Waals surface area contributed by atoms with Gasteiger partial charge in [0.2, 0.25) is 5.91 Å². The van der Waals surface area contributed by atoms with Crippen molar-refractivity contribution in [2.75, 3.05) is 0 Å². The fourth-order valence-corrected chi connectivity index (χ4v) is 2.14. The molecule has 1 aliphatic heterocycles. The van der Waals surface area contributed by atoms with Gasteiger partial charge in [0, 0.05) is 12.0 Å². The molecule has 116 valence electrons. The van der Waals surface area contributed by atoms with Gasteiger partial charge >= 0.3 is 13.1 Å². The van der Waals surface area contributed by atoms with Crippen LogP contribution in [0.3, 0.4) is 0 Å². The number of hydrogen-bond acceptors (Lipinski definition) is 5. The van der Waals surface area contributed by atoms with Crippen molar-refractivity contribution in [3.63, 3.8) is 0 Å². The number of amides is 2. The van der Waals surface area contributed by atoms with Gasteiger partial charge < -0.3 is 25.8 Å². The van der Waals surface area contributed by atoms with E-state index in [2.05, 4.69) is 5.32 Å². The molecule has 0 fully saturated rings. The third-order valence-electron chi connectivity index (χ3n) is 3.35. The second kappa shape index (κ2) is 6.59. The summed E-state index contributed by atoms with van der Waals surface area (Å²) in [6, 6.07) is 3.40. The van der Waals surface area contributed by atoms with E-state index < -0.39 is 30.9 Å². The fourth-order valence-electron chi connectivity index (χ4n) is 2.14. The molecule has 5 N–H and O–H groups in total. The van der Waals surface area contributed by atoms with E-state index in [0.717, 1.165) is 5.56 Å². The summed E-state index contributed by atoms with van der Waals surface area (Å²) in [5.74, 6) is -2.50. The molecule has 1 aromatic rings. The Morgan fingerprint density at radius 1 is 1.41 bits per heavy atom. The second-order valence-electron chi connectivity index (χ2n) is 4.95. The van der Waals surface area contributed by atoms with E-state index in [-0.39, 0.29) is 25.0 Å². The van der Waals surface area contributed by atoms with Gasteiger partial charge in [-0.25, -0.2) is 4.79 Å². The van der Waals surface area contributed by atoms with Gasteiger partial charge in [-0.05, 0) is 29.6 Å². The van der Waals surface area contributed by atoms with Crippen molar-refractivity contribution in [2.45, 2.75) is 25.5 Å². The van der Waals surface area contributed by atoms with E-state index in [9.17, 15) is 19.4 Å². The number of benzene rings is 1. The predicted octanol–water partition coefficient (Wildman–Crippen LogP) is -1.65. The van der Waals surface area contributed by atoms with E-state index in [0.29, 0.717) is 5.46 Å². The number of carbonyl (C=O) groups is 3. The highest BCUT2D eigenvalue weighted by Gasteiger charge is 2.28. The zero-order chi connectivity index (χ0) is 16.3. The summed E-state index contributed by atoms with van der Waals surface area (Å²) in [5, 5.41) is 21.0. The minimum Gasteiger partial charge on any atom is -0.480 e. The lowest BCUT2D eigenvalue weighted by atomic mass is 9.79. The highest BCUT2D eigenvalue weighted by atomic mass is 16.5. The zero-order valence-electron chi connectivity index (χ0n) is 11.6. The summed E-state index contributed by atoms with van der Waals surface area (Å²) in [6.45, 7) is 0.259. The van der Waals surface area contributed by atoms with Crippen molar-refractivity contribution in [3.8, 4) is 0 Å². The van der Waals surface area contributed by atoms with Crippen molar-refractivity contribution in [1.29, 1.82) is 0 Å². The molecule has 9 heteroatoms. The molecule has 2 amide bonds. The van der Waals surface area contributed by atoms with E-state index >= 15 is 0 Å². The number of primary amides is 1. The molecule has 22 heavy (non-hydrogen) atoms. The summed E-state index contributed by atoms with van der Waals surface area (Å²) in [4.78, 5) is 33.9. The molecular formula is C13H15BN2O6. The maximum Gasteiger partial charge on any atom is 0.491 e. The normalized spacial score (nSPS) is 14.3. The minimum absolute atomic E-state index is 0.0902. The number of carboxylic acids is 1. The van der Waals surface area contributed by atoms with Gasteiger partial charge in [-0.15, -0.1) is 0 Å². The number of nitrogens with one attached hydrogen (secondary N) is 1. The first-order valence-electron chi connectivity index (χ1n) is 6.63. The number of aliphatic carboxylic acids is 1. The molecule has 0 spiro atoms. The van der Waals surface area contributed by atoms with Gasteiger partial charge in [0.05, 0.1) is 6.61 Å². The van der Waals surface area contributed by atoms with Gasteiger partial charge in [0.15, 0.2) is 0 Å². The maximum atomic E-state index is 12.1. The van der Waals surface area contributed by atoms with Crippen molar-refractivity contribution in [2.24, 2.45) is 5.73 Å². The number of hydrogen-bond donors (Lipinski definition) is 4. The van der Waals surface area contributed by atoms with Crippen LogP contribution in [0.25, 0.3) is 0 Å². The zero-order valence-corrected chi connectivity index (χ0v) is 11.6. The van der Waals surface area contributed by atoms with Crippen LogP contribution in [0.4, 0.5) is 0 Å². The second-order valence-corrected chi connectivity index (χ2v) is 4.95. The van der Waals surface area contributed by atoms with E-state index in [1.807, 2.05) is 0 Å². The van der Waals surface area contributed by atoms with Crippen LogP contribution in [-0.4, -0.2) is 41.1 Å². The van der Waals surface area contributed by atoms with E-state index in [4.69, 9.17) is 15.5 Å². The van der Waals surface area contributed by atoms with Crippen LogP contribution in [0.1, 0.15) is 28.8 Å². The van der Waals surface area contributed by atoms with Gasteiger partial charge in [-0.1, -0.05) is 6.07 Å². The highest BCUT2D eigenvalue weighted by molar-refractivity contribution is 6.61. The number of rotatable bonds is 6. The molecule has 0 saturated heterocycles. The molecule has 0 saturated carbocycles. The Balaban J connectivity index is 2.09. The molecule has 1 heterocycles. The lowest BCUT2D eigenvalue weighted by Gasteiger charge is -2.14. The molecule has 2 rings (SSSR count). The first-order valence-corrected chi connectivity index (χ1v) is 6.63. The van der Waals surface area contributed by atoms with Crippen LogP contribution in [-0.2, 0) is 20.9 Å². The molecule has 0 aromatic heterocycles. The largest absolute Gasteiger partial charge is 0.491 e. The summed E-state index contributed by atoms with van der Waals surface area (Å²) in [6.07, 6.45) is -0.235. The Bertz CT molecular complexity index is 621. The summed E-state index contributed by atoms with van der Waals surface area (Å²) in [5.41, 5.74) is 6.43. The first kappa shape index (κ1) is 16.0. The van der Waals surface area contributed by atoms with Gasteiger partial charge in [-0.3, -0.25) is 9.59 Å². The molecule has 8 nitrogen and oxygen atoms in total. The molecule has 1 unspecified atom stereocenters. The van der Waals surface area contributed by atoms with Gasteiger partial charge in [-0.2, -0.15) is 0 Å². The Hall–Kier alpha value is -2.39. The van der Waals surface area contributed by atoms with Gasteiger partial charge in [0.25, 0.3) is 5.91 Å². The molecule has 0 bridgehead atoms. The average molecular weight is 306 g/mol. The molecule has 1 atom stereocenters. The summed E-state index contributed by atoms with van der Waals surface area (Å²) >= 11 is 0. The lowest BCUT2D eigenvalue weighted by molar-refractivity contribution is -0.139. The molecular weight excluding hydrogens is 291 g/mol. The van der Waals surface area contributed by atoms with Crippen LogP contribution >= 0.6 is 0 Å². The Labute approximate surface area is 126 Å². The lowest BCUT2D eigenvalue weighted by Crippen LogP contribution is -2.41. The van der Waals surface area contributed by atoms with Gasteiger partial charge in [0.1, 0.15) is 6.04 Å². The topological polar surface area (TPSA) is 139 Å². The van der Waals surface area contributed by atoms with Crippen molar-refractivity contribution in [3.05, 3.63) is 29.3 Å². The SMILES string of the molecule is NC(=O)CCC(NC(=O)c1ccc2c(c1)B(O)OC2)C(=O)O. The monoisotopic (exact) mass is 306 g/mol. The van der Waals surface area contributed by atoms with Crippen molar-refractivity contribution in [1.82, 2.24) is 5.32 Å². The van der Waals surface area contributed by atoms with Crippen LogP contribution in [0.15, 0.2) is 18.2 Å². The Morgan fingerprint density at radius 2 is 2.14 bits per heavy atom. The van der Waals surface area contributed by atoms with E-state index in [1.54, 1.807) is 6.07 Å². The van der Waals surface area contributed by atoms with Crippen molar-refractivity contribution >= 4 is 30.4 Å². The maximum absolute atomic E-state index is 12.1. The predicted molar refractivity (Wildman–Crippen MR) is 76.2 cm³/mol. The molecule has 1 aliphatic rings. The third-order valence-corrected chi connectivity index (χ3v) is 3.35. The summed E-state index contributed by atoms with van der Waals surface area (Å²) in [7, 11) is -1.09. The standard InChI is InChI=1S/C13H15BN2O6/c15-11(17)4-3-10(13(19)20)16-12(18)7-1-2-8-6-22-14(21)9(8)5-7/h1-2,5,10,21H,3-4,6H2,(H2,15,17)(H,16,18)(H,19,20).